The second kappa shape index (κ2) is 6.72. The first kappa shape index (κ1) is 15.5. The van der Waals surface area contributed by atoms with Crippen LogP contribution in [-0.4, -0.2) is 36.0 Å². The van der Waals surface area contributed by atoms with Crippen LogP contribution >= 0.6 is 15.9 Å². The summed E-state index contributed by atoms with van der Waals surface area (Å²) in [4.78, 5) is 14.8. The van der Waals surface area contributed by atoms with Crippen molar-refractivity contribution >= 4 is 21.8 Å². The van der Waals surface area contributed by atoms with E-state index in [0.29, 0.717) is 12.1 Å². The van der Waals surface area contributed by atoms with Gasteiger partial charge in [-0.15, -0.1) is 0 Å². The molecule has 1 fully saturated rings. The second-order valence-corrected chi connectivity index (χ2v) is 6.35. The maximum Gasteiger partial charge on any atom is 0.254 e. The fourth-order valence-electron chi connectivity index (χ4n) is 2.64. The van der Waals surface area contributed by atoms with Crippen LogP contribution in [0, 0.1) is 6.92 Å². The van der Waals surface area contributed by atoms with E-state index >= 15 is 0 Å². The first-order valence-corrected chi connectivity index (χ1v) is 8.16. The van der Waals surface area contributed by atoms with Crippen molar-refractivity contribution < 1.29 is 4.79 Å². The molecule has 1 aliphatic rings. The second-order valence-electron chi connectivity index (χ2n) is 5.50. The number of nitrogens with one attached hydrogen (secondary N) is 1. The molecule has 0 saturated carbocycles. The molecular weight excluding hydrogens is 316 g/mol. The topological polar surface area (TPSA) is 32.3 Å². The summed E-state index contributed by atoms with van der Waals surface area (Å²) in [5.74, 6) is 0.150. The Morgan fingerprint density at radius 3 is 2.75 bits per heavy atom. The van der Waals surface area contributed by atoms with Gasteiger partial charge in [0.2, 0.25) is 0 Å². The third-order valence-corrected chi connectivity index (χ3v) is 5.00. The maximum absolute atomic E-state index is 12.8. The SMILES string of the molecule is CCC1CN(C(=O)c2ccc(C)c(Br)c2)C(CC)CN1. The highest BCUT2D eigenvalue weighted by Gasteiger charge is 2.30. The number of benzene rings is 1. The molecule has 2 atom stereocenters. The number of halogens is 1. The zero-order valence-corrected chi connectivity index (χ0v) is 14.0. The van der Waals surface area contributed by atoms with Gasteiger partial charge in [-0.3, -0.25) is 4.79 Å². The number of nitrogens with zero attached hydrogens (tertiary/aromatic N) is 1. The summed E-state index contributed by atoms with van der Waals surface area (Å²) in [6.07, 6.45) is 2.04. The molecule has 110 valence electrons. The molecule has 20 heavy (non-hydrogen) atoms. The van der Waals surface area contributed by atoms with Crippen molar-refractivity contribution in [3.63, 3.8) is 0 Å². The lowest BCUT2D eigenvalue weighted by atomic mass is 10.0. The molecule has 1 saturated heterocycles. The van der Waals surface area contributed by atoms with Gasteiger partial charge in [0, 0.05) is 35.2 Å². The van der Waals surface area contributed by atoms with Crippen molar-refractivity contribution in [1.29, 1.82) is 0 Å². The first-order valence-electron chi connectivity index (χ1n) is 7.37. The summed E-state index contributed by atoms with van der Waals surface area (Å²) in [6, 6.07) is 6.57. The minimum atomic E-state index is 0.150. The Morgan fingerprint density at radius 1 is 1.40 bits per heavy atom. The predicted molar refractivity (Wildman–Crippen MR) is 86.1 cm³/mol. The van der Waals surface area contributed by atoms with Gasteiger partial charge in [-0.1, -0.05) is 35.8 Å². The van der Waals surface area contributed by atoms with Gasteiger partial charge in [-0.05, 0) is 37.5 Å². The molecular formula is C16H23BrN2O. The zero-order chi connectivity index (χ0) is 14.7. The fraction of sp³-hybridized carbons (Fsp3) is 0.562. The molecule has 1 amide bonds. The third kappa shape index (κ3) is 3.23. The lowest BCUT2D eigenvalue weighted by Crippen LogP contribution is -2.57. The summed E-state index contributed by atoms with van der Waals surface area (Å²) in [5, 5.41) is 3.52. The molecule has 1 heterocycles. The highest BCUT2D eigenvalue weighted by molar-refractivity contribution is 9.10. The van der Waals surface area contributed by atoms with Gasteiger partial charge in [-0.25, -0.2) is 0 Å². The van der Waals surface area contributed by atoms with Gasteiger partial charge in [0.15, 0.2) is 0 Å². The van der Waals surface area contributed by atoms with E-state index < -0.39 is 0 Å². The molecule has 0 aromatic heterocycles. The number of carbonyl (C=O) groups is 1. The Morgan fingerprint density at radius 2 is 2.15 bits per heavy atom. The van der Waals surface area contributed by atoms with Gasteiger partial charge in [-0.2, -0.15) is 0 Å². The van der Waals surface area contributed by atoms with Crippen LogP contribution in [0.15, 0.2) is 22.7 Å². The molecule has 0 spiro atoms. The largest absolute Gasteiger partial charge is 0.333 e. The lowest BCUT2D eigenvalue weighted by molar-refractivity contribution is 0.0576. The molecule has 0 aliphatic carbocycles. The van der Waals surface area contributed by atoms with Crippen molar-refractivity contribution in [3.8, 4) is 0 Å². The predicted octanol–water partition coefficient (Wildman–Crippen LogP) is 3.36. The van der Waals surface area contributed by atoms with Crippen molar-refractivity contribution in [2.45, 2.75) is 45.7 Å². The monoisotopic (exact) mass is 338 g/mol. The van der Waals surface area contributed by atoms with Gasteiger partial charge in [0.25, 0.3) is 5.91 Å². The molecule has 0 bridgehead atoms. The van der Waals surface area contributed by atoms with Crippen LogP contribution in [0.1, 0.15) is 42.6 Å². The highest BCUT2D eigenvalue weighted by Crippen LogP contribution is 2.21. The molecule has 0 radical (unpaired) electrons. The zero-order valence-electron chi connectivity index (χ0n) is 12.4. The number of piperazine rings is 1. The quantitative estimate of drug-likeness (QED) is 0.916. The molecule has 1 aliphatic heterocycles. The Kier molecular flexibility index (Phi) is 5.22. The van der Waals surface area contributed by atoms with Crippen LogP contribution in [0.3, 0.4) is 0 Å². The number of hydrogen-bond donors (Lipinski definition) is 1. The standard InChI is InChI=1S/C16H23BrN2O/c1-4-13-10-19(14(5-2)9-18-13)16(20)12-7-6-11(3)15(17)8-12/h6-8,13-14,18H,4-5,9-10H2,1-3H3. The van der Waals surface area contributed by atoms with Crippen molar-refractivity contribution in [1.82, 2.24) is 10.2 Å². The van der Waals surface area contributed by atoms with Crippen molar-refractivity contribution in [2.24, 2.45) is 0 Å². The average molecular weight is 339 g/mol. The normalized spacial score (nSPS) is 22.9. The average Bonchev–Trinajstić information content (AvgIpc) is 2.48. The smallest absolute Gasteiger partial charge is 0.254 e. The number of aryl methyl sites for hydroxylation is 1. The number of carbonyl (C=O) groups excluding carboxylic acids is 1. The van der Waals surface area contributed by atoms with Crippen molar-refractivity contribution in [3.05, 3.63) is 33.8 Å². The molecule has 2 unspecified atom stereocenters. The van der Waals surface area contributed by atoms with Gasteiger partial charge in [0.1, 0.15) is 0 Å². The summed E-state index contributed by atoms with van der Waals surface area (Å²) in [6.45, 7) is 8.04. The number of amides is 1. The van der Waals surface area contributed by atoms with E-state index in [4.69, 9.17) is 0 Å². The molecule has 4 heteroatoms. The lowest BCUT2D eigenvalue weighted by Gasteiger charge is -2.40. The summed E-state index contributed by atoms with van der Waals surface area (Å²) in [7, 11) is 0. The Labute approximate surface area is 129 Å². The highest BCUT2D eigenvalue weighted by atomic mass is 79.9. The Bertz CT molecular complexity index is 489. The van der Waals surface area contributed by atoms with Crippen LogP contribution in [0.2, 0.25) is 0 Å². The molecule has 1 aromatic carbocycles. The minimum absolute atomic E-state index is 0.150. The van der Waals surface area contributed by atoms with Crippen molar-refractivity contribution in [2.75, 3.05) is 13.1 Å². The maximum atomic E-state index is 12.8. The van der Waals surface area contributed by atoms with Crippen LogP contribution < -0.4 is 5.32 Å². The van der Waals surface area contributed by atoms with E-state index in [1.807, 2.05) is 30.0 Å². The van der Waals surface area contributed by atoms with Crippen LogP contribution in [0.25, 0.3) is 0 Å². The van der Waals surface area contributed by atoms with Crippen LogP contribution in [0.5, 0.6) is 0 Å². The summed E-state index contributed by atoms with van der Waals surface area (Å²) in [5.41, 5.74) is 1.93. The van der Waals surface area contributed by atoms with E-state index in [1.165, 1.54) is 0 Å². The molecule has 2 rings (SSSR count). The summed E-state index contributed by atoms with van der Waals surface area (Å²) < 4.78 is 0.999. The summed E-state index contributed by atoms with van der Waals surface area (Å²) >= 11 is 3.51. The van der Waals surface area contributed by atoms with Gasteiger partial charge < -0.3 is 10.2 Å². The molecule has 1 N–H and O–H groups in total. The van der Waals surface area contributed by atoms with E-state index in [1.54, 1.807) is 0 Å². The van der Waals surface area contributed by atoms with E-state index in [0.717, 1.165) is 41.5 Å². The van der Waals surface area contributed by atoms with Crippen LogP contribution in [0.4, 0.5) is 0 Å². The van der Waals surface area contributed by atoms with E-state index in [-0.39, 0.29) is 5.91 Å². The van der Waals surface area contributed by atoms with Gasteiger partial charge >= 0.3 is 0 Å². The Balaban J connectivity index is 2.22. The van der Waals surface area contributed by atoms with Crippen LogP contribution in [-0.2, 0) is 0 Å². The molecule has 1 aromatic rings. The fourth-order valence-corrected chi connectivity index (χ4v) is 3.02. The number of hydrogen-bond acceptors (Lipinski definition) is 2. The van der Waals surface area contributed by atoms with E-state index in [2.05, 4.69) is 35.1 Å². The molecule has 3 nitrogen and oxygen atoms in total. The first-order chi connectivity index (χ1) is 9.56. The van der Waals surface area contributed by atoms with Gasteiger partial charge in [0.05, 0.1) is 0 Å². The van der Waals surface area contributed by atoms with E-state index in [9.17, 15) is 4.79 Å². The number of rotatable bonds is 3. The Hall–Kier alpha value is -0.870. The third-order valence-electron chi connectivity index (χ3n) is 4.14. The minimum Gasteiger partial charge on any atom is -0.333 e.